The number of halogens is 2. The molecule has 7 heteroatoms. The number of hydrogen-bond donors (Lipinski definition) is 2. The van der Waals surface area contributed by atoms with Gasteiger partial charge in [-0.3, -0.25) is 4.79 Å². The maximum absolute atomic E-state index is 14.7. The number of alkyl halides is 1. The van der Waals surface area contributed by atoms with Gasteiger partial charge in [0, 0.05) is 19.5 Å². The van der Waals surface area contributed by atoms with E-state index in [1.165, 1.54) is 0 Å². The zero-order valence-electron chi connectivity index (χ0n) is 13.4. The highest BCUT2D eigenvalue weighted by molar-refractivity contribution is 9.10. The van der Waals surface area contributed by atoms with Crippen molar-refractivity contribution in [3.63, 3.8) is 0 Å². The molecule has 1 aromatic heterocycles. The van der Waals surface area contributed by atoms with Gasteiger partial charge in [0.1, 0.15) is 16.1 Å². The number of anilines is 1. The summed E-state index contributed by atoms with van der Waals surface area (Å²) in [5, 5.41) is 5.88. The lowest BCUT2D eigenvalue weighted by molar-refractivity contribution is -0.118. The van der Waals surface area contributed by atoms with Crippen LogP contribution in [-0.4, -0.2) is 54.7 Å². The lowest BCUT2D eigenvalue weighted by Gasteiger charge is -2.22. The summed E-state index contributed by atoms with van der Waals surface area (Å²) >= 11 is 3.34. The molecule has 0 bridgehead atoms. The summed E-state index contributed by atoms with van der Waals surface area (Å²) in [6.45, 7) is 0.511. The molecule has 0 aromatic carbocycles. The summed E-state index contributed by atoms with van der Waals surface area (Å²) < 4.78 is 15.4. The second-order valence-electron chi connectivity index (χ2n) is 6.86. The van der Waals surface area contributed by atoms with Crippen LogP contribution in [0.15, 0.2) is 16.7 Å². The zero-order chi connectivity index (χ0) is 16.6. The predicted molar refractivity (Wildman–Crippen MR) is 91.3 cm³/mol. The molecular formula is C16H22BrFN4O. The van der Waals surface area contributed by atoms with Crippen LogP contribution >= 0.6 is 15.9 Å². The average Bonchev–Trinajstić information content (AvgIpc) is 3.21. The highest BCUT2D eigenvalue weighted by Gasteiger charge is 2.42. The molecular weight excluding hydrogens is 363 g/mol. The van der Waals surface area contributed by atoms with E-state index in [0.29, 0.717) is 22.9 Å². The number of carbonyl (C=O) groups is 1. The number of aromatic nitrogens is 1. The lowest BCUT2D eigenvalue weighted by Crippen LogP contribution is -2.37. The van der Waals surface area contributed by atoms with Crippen LogP contribution in [0.5, 0.6) is 0 Å². The summed E-state index contributed by atoms with van der Waals surface area (Å²) in [5.41, 5.74) is -0.297. The SMILES string of the molecule is CN(C)C[C@]1(F)CN[C@H](C(=O)Nc2nc(Br)ccc2C2CC2)C1. The Morgan fingerprint density at radius 3 is 2.91 bits per heavy atom. The standard InChI is InChI=1S/C16H22BrFN4O/c1-22(2)9-16(18)7-12(19-8-16)15(23)21-14-11(10-3-4-10)5-6-13(17)20-14/h5-6,10,12,19H,3-4,7-9H2,1-2H3,(H,20,21,23)/t12-,16+/m0/s1. The highest BCUT2D eigenvalue weighted by Crippen LogP contribution is 2.43. The molecule has 5 nitrogen and oxygen atoms in total. The molecule has 2 N–H and O–H groups in total. The van der Waals surface area contributed by atoms with Gasteiger partial charge in [-0.2, -0.15) is 0 Å². The Bertz CT molecular complexity index is 608. The van der Waals surface area contributed by atoms with E-state index < -0.39 is 11.7 Å². The van der Waals surface area contributed by atoms with Gasteiger partial charge in [-0.15, -0.1) is 0 Å². The van der Waals surface area contributed by atoms with Crippen LogP contribution < -0.4 is 10.6 Å². The summed E-state index contributed by atoms with van der Waals surface area (Å²) in [5.74, 6) is 0.866. The first-order valence-corrected chi connectivity index (χ1v) is 8.70. The Balaban J connectivity index is 1.67. The number of carbonyl (C=O) groups excluding carboxylic acids is 1. The van der Waals surface area contributed by atoms with Crippen LogP contribution in [0.25, 0.3) is 0 Å². The Morgan fingerprint density at radius 1 is 1.52 bits per heavy atom. The van der Waals surface area contributed by atoms with E-state index in [1.54, 1.807) is 0 Å². The minimum absolute atomic E-state index is 0.184. The maximum Gasteiger partial charge on any atom is 0.242 e. The fourth-order valence-electron chi connectivity index (χ4n) is 3.16. The molecule has 23 heavy (non-hydrogen) atoms. The number of nitrogens with one attached hydrogen (secondary N) is 2. The van der Waals surface area contributed by atoms with Crippen molar-refractivity contribution in [1.29, 1.82) is 0 Å². The van der Waals surface area contributed by atoms with Crippen LogP contribution in [0.4, 0.5) is 10.2 Å². The monoisotopic (exact) mass is 384 g/mol. The summed E-state index contributed by atoms with van der Waals surface area (Å²) in [6.07, 6.45) is 2.44. The summed E-state index contributed by atoms with van der Waals surface area (Å²) in [4.78, 5) is 18.7. The summed E-state index contributed by atoms with van der Waals surface area (Å²) in [7, 11) is 3.67. The van der Waals surface area contributed by atoms with E-state index in [4.69, 9.17) is 0 Å². The van der Waals surface area contributed by atoms with Crippen molar-refractivity contribution < 1.29 is 9.18 Å². The Hall–Kier alpha value is -1.05. The number of nitrogens with zero attached hydrogens (tertiary/aromatic N) is 2. The van der Waals surface area contributed by atoms with Gasteiger partial charge in [0.25, 0.3) is 0 Å². The van der Waals surface area contributed by atoms with Crippen LogP contribution in [0.1, 0.15) is 30.7 Å². The molecule has 1 aliphatic carbocycles. The Morgan fingerprint density at radius 2 is 2.26 bits per heavy atom. The number of hydrogen-bond acceptors (Lipinski definition) is 4. The third-order valence-corrected chi connectivity index (χ3v) is 4.74. The second kappa shape index (κ2) is 6.45. The molecule has 0 radical (unpaired) electrons. The predicted octanol–water partition coefficient (Wildman–Crippen LogP) is 2.29. The number of amides is 1. The van der Waals surface area contributed by atoms with E-state index in [2.05, 4.69) is 31.5 Å². The minimum atomic E-state index is -1.37. The van der Waals surface area contributed by atoms with Crippen LogP contribution in [0, 0.1) is 0 Å². The van der Waals surface area contributed by atoms with Crippen molar-refractivity contribution in [2.45, 2.75) is 36.9 Å². The van der Waals surface area contributed by atoms with Gasteiger partial charge in [0.05, 0.1) is 6.04 Å². The van der Waals surface area contributed by atoms with Gasteiger partial charge in [0.2, 0.25) is 5.91 Å². The molecule has 2 heterocycles. The largest absolute Gasteiger partial charge is 0.309 e. The van der Waals surface area contributed by atoms with E-state index >= 15 is 0 Å². The van der Waals surface area contributed by atoms with Gasteiger partial charge in [-0.1, -0.05) is 6.07 Å². The first kappa shape index (κ1) is 16.8. The van der Waals surface area contributed by atoms with Crippen molar-refractivity contribution in [2.75, 3.05) is 32.5 Å². The molecule has 126 valence electrons. The molecule has 2 atom stereocenters. The molecule has 2 fully saturated rings. The Labute approximate surface area is 144 Å². The lowest BCUT2D eigenvalue weighted by atomic mass is 10.0. The van der Waals surface area contributed by atoms with Gasteiger partial charge >= 0.3 is 0 Å². The van der Waals surface area contributed by atoms with Gasteiger partial charge in [-0.25, -0.2) is 9.37 Å². The van der Waals surface area contributed by atoms with E-state index in [-0.39, 0.29) is 18.9 Å². The molecule has 2 aliphatic rings. The first-order valence-electron chi connectivity index (χ1n) is 7.91. The zero-order valence-corrected chi connectivity index (χ0v) is 15.0. The fraction of sp³-hybridized carbons (Fsp3) is 0.625. The molecule has 1 amide bonds. The normalized spacial score (nSPS) is 27.4. The molecule has 1 saturated carbocycles. The molecule has 0 unspecified atom stereocenters. The third kappa shape index (κ3) is 4.08. The average molecular weight is 385 g/mol. The molecule has 1 aliphatic heterocycles. The van der Waals surface area contributed by atoms with Crippen molar-refractivity contribution in [3.05, 3.63) is 22.3 Å². The van der Waals surface area contributed by atoms with E-state index in [9.17, 15) is 9.18 Å². The Kier molecular flexibility index (Phi) is 4.71. The van der Waals surface area contributed by atoms with Crippen LogP contribution in [0.3, 0.4) is 0 Å². The fourth-order valence-corrected chi connectivity index (χ4v) is 3.47. The van der Waals surface area contributed by atoms with Crippen molar-refractivity contribution in [2.24, 2.45) is 0 Å². The third-order valence-electron chi connectivity index (χ3n) is 4.30. The first-order chi connectivity index (χ1) is 10.9. The van der Waals surface area contributed by atoms with Gasteiger partial charge in [-0.05, 0) is 60.4 Å². The topological polar surface area (TPSA) is 57.3 Å². The molecule has 1 aromatic rings. The van der Waals surface area contributed by atoms with Crippen molar-refractivity contribution in [3.8, 4) is 0 Å². The van der Waals surface area contributed by atoms with Crippen molar-refractivity contribution in [1.82, 2.24) is 15.2 Å². The van der Waals surface area contributed by atoms with Crippen molar-refractivity contribution >= 4 is 27.7 Å². The minimum Gasteiger partial charge on any atom is -0.309 e. The van der Waals surface area contributed by atoms with E-state index in [0.717, 1.165) is 18.4 Å². The quantitative estimate of drug-likeness (QED) is 0.764. The second-order valence-corrected chi connectivity index (χ2v) is 7.67. The number of rotatable bonds is 5. The van der Waals surface area contributed by atoms with E-state index in [1.807, 2.05) is 31.1 Å². The van der Waals surface area contributed by atoms with Crippen LogP contribution in [0.2, 0.25) is 0 Å². The van der Waals surface area contributed by atoms with Crippen LogP contribution in [-0.2, 0) is 4.79 Å². The smallest absolute Gasteiger partial charge is 0.242 e. The van der Waals surface area contributed by atoms with Gasteiger partial charge in [0.15, 0.2) is 0 Å². The maximum atomic E-state index is 14.7. The molecule has 3 rings (SSSR count). The molecule has 0 spiro atoms. The van der Waals surface area contributed by atoms with Gasteiger partial charge < -0.3 is 15.5 Å². The molecule has 1 saturated heterocycles. The summed E-state index contributed by atoms with van der Waals surface area (Å²) in [6, 6.07) is 3.37. The highest BCUT2D eigenvalue weighted by atomic mass is 79.9. The number of pyridine rings is 1.